The van der Waals surface area contributed by atoms with Crippen molar-refractivity contribution >= 4 is 39.3 Å². The highest BCUT2D eigenvalue weighted by atomic mass is 32.1. The lowest BCUT2D eigenvalue weighted by Gasteiger charge is -2.14. The van der Waals surface area contributed by atoms with E-state index in [9.17, 15) is 4.39 Å². The van der Waals surface area contributed by atoms with Crippen LogP contribution in [0.15, 0.2) is 41.8 Å². The standard InChI is InChI=1S/C21H19FN4O3S2/c1-27-15-8-13(9-16(28-2)17(15)29-3)24-21-26-19(23)18(31-21)20-25-14(10-30-20)11-4-6-12(22)7-5-11/h4-10H,23H2,1-3H3,(H,24,26). The summed E-state index contributed by atoms with van der Waals surface area (Å²) in [6.45, 7) is 0. The van der Waals surface area contributed by atoms with Crippen LogP contribution in [0.5, 0.6) is 17.2 Å². The van der Waals surface area contributed by atoms with Crippen molar-refractivity contribution < 1.29 is 18.6 Å². The molecule has 2 aromatic carbocycles. The van der Waals surface area contributed by atoms with Gasteiger partial charge in [0.15, 0.2) is 16.6 Å². The molecule has 0 bridgehead atoms. The van der Waals surface area contributed by atoms with Gasteiger partial charge >= 0.3 is 0 Å². The second kappa shape index (κ2) is 8.78. The second-order valence-corrected chi connectivity index (χ2v) is 8.17. The molecule has 0 saturated carbocycles. The van der Waals surface area contributed by atoms with Crippen molar-refractivity contribution in [3.8, 4) is 38.4 Å². The number of nitrogens with two attached hydrogens (primary N) is 1. The number of nitrogen functional groups attached to an aromatic ring is 1. The quantitative estimate of drug-likeness (QED) is 0.382. The van der Waals surface area contributed by atoms with Crippen molar-refractivity contribution in [2.24, 2.45) is 0 Å². The van der Waals surface area contributed by atoms with Crippen LogP contribution in [0.25, 0.3) is 21.1 Å². The fourth-order valence-corrected chi connectivity index (χ4v) is 4.78. The molecule has 31 heavy (non-hydrogen) atoms. The summed E-state index contributed by atoms with van der Waals surface area (Å²) in [5.74, 6) is 1.65. The maximum atomic E-state index is 13.2. The Morgan fingerprint density at radius 3 is 2.26 bits per heavy atom. The zero-order valence-corrected chi connectivity index (χ0v) is 18.6. The van der Waals surface area contributed by atoms with Crippen LogP contribution in [0.1, 0.15) is 0 Å². The molecule has 0 atom stereocenters. The van der Waals surface area contributed by atoms with E-state index in [-0.39, 0.29) is 5.82 Å². The Balaban J connectivity index is 1.61. The van der Waals surface area contributed by atoms with Crippen molar-refractivity contribution in [2.75, 3.05) is 32.4 Å². The predicted molar refractivity (Wildman–Crippen MR) is 122 cm³/mol. The number of nitrogens with zero attached hydrogens (tertiary/aromatic N) is 2. The highest BCUT2D eigenvalue weighted by molar-refractivity contribution is 7.23. The largest absolute Gasteiger partial charge is 0.493 e. The Hall–Kier alpha value is -3.37. The van der Waals surface area contributed by atoms with Gasteiger partial charge in [-0.05, 0) is 24.3 Å². The Morgan fingerprint density at radius 2 is 1.65 bits per heavy atom. The monoisotopic (exact) mass is 458 g/mol. The number of benzene rings is 2. The normalized spacial score (nSPS) is 10.7. The fraction of sp³-hybridized carbons (Fsp3) is 0.143. The van der Waals surface area contributed by atoms with Crippen LogP contribution in [-0.4, -0.2) is 31.3 Å². The first-order valence-electron chi connectivity index (χ1n) is 9.07. The lowest BCUT2D eigenvalue weighted by molar-refractivity contribution is 0.324. The van der Waals surface area contributed by atoms with E-state index in [1.54, 1.807) is 45.6 Å². The molecule has 2 heterocycles. The van der Waals surface area contributed by atoms with Gasteiger partial charge in [-0.1, -0.05) is 11.3 Å². The summed E-state index contributed by atoms with van der Waals surface area (Å²) >= 11 is 2.84. The molecule has 0 fully saturated rings. The van der Waals surface area contributed by atoms with Crippen molar-refractivity contribution in [1.82, 2.24) is 9.97 Å². The minimum atomic E-state index is -0.284. The Labute approximate surface area is 186 Å². The number of methoxy groups -OCH3 is 3. The van der Waals surface area contributed by atoms with E-state index in [0.717, 1.165) is 21.1 Å². The van der Waals surface area contributed by atoms with Gasteiger partial charge < -0.3 is 25.3 Å². The topological polar surface area (TPSA) is 91.5 Å². The maximum absolute atomic E-state index is 13.2. The van der Waals surface area contributed by atoms with E-state index in [1.165, 1.54) is 34.8 Å². The van der Waals surface area contributed by atoms with Gasteiger partial charge in [0.1, 0.15) is 21.5 Å². The fourth-order valence-electron chi connectivity index (χ4n) is 2.95. The molecule has 4 rings (SSSR count). The van der Waals surface area contributed by atoms with E-state index in [2.05, 4.69) is 15.3 Å². The summed E-state index contributed by atoms with van der Waals surface area (Å²) in [4.78, 5) is 9.82. The summed E-state index contributed by atoms with van der Waals surface area (Å²) in [7, 11) is 4.67. The summed E-state index contributed by atoms with van der Waals surface area (Å²) in [6, 6.07) is 9.79. The minimum Gasteiger partial charge on any atom is -0.493 e. The number of ether oxygens (including phenoxy) is 3. The lowest BCUT2D eigenvalue weighted by Crippen LogP contribution is -1.97. The first-order valence-corrected chi connectivity index (χ1v) is 10.8. The molecule has 2 aromatic heterocycles. The molecule has 0 amide bonds. The van der Waals surface area contributed by atoms with E-state index in [1.807, 2.05) is 5.38 Å². The van der Waals surface area contributed by atoms with Crippen LogP contribution < -0.4 is 25.3 Å². The van der Waals surface area contributed by atoms with Crippen molar-refractivity contribution in [3.63, 3.8) is 0 Å². The number of rotatable bonds is 7. The molecule has 0 radical (unpaired) electrons. The third-order valence-electron chi connectivity index (χ3n) is 4.41. The van der Waals surface area contributed by atoms with Gasteiger partial charge in [0.25, 0.3) is 0 Å². The molecule has 160 valence electrons. The summed E-state index contributed by atoms with van der Waals surface area (Å²) in [5, 5.41) is 6.48. The second-order valence-electron chi connectivity index (χ2n) is 6.32. The van der Waals surface area contributed by atoms with Crippen LogP contribution >= 0.6 is 22.7 Å². The van der Waals surface area contributed by atoms with Crippen LogP contribution in [0.2, 0.25) is 0 Å². The minimum absolute atomic E-state index is 0.284. The third kappa shape index (κ3) is 4.25. The average molecular weight is 459 g/mol. The van der Waals surface area contributed by atoms with Gasteiger partial charge in [-0.15, -0.1) is 11.3 Å². The average Bonchev–Trinajstić information content (AvgIpc) is 3.40. The first kappa shape index (κ1) is 20.9. The van der Waals surface area contributed by atoms with Crippen molar-refractivity contribution in [3.05, 3.63) is 47.6 Å². The van der Waals surface area contributed by atoms with Crippen molar-refractivity contribution in [1.29, 1.82) is 0 Å². The van der Waals surface area contributed by atoms with Gasteiger partial charge in [0.05, 0.1) is 27.0 Å². The number of thiazole rings is 2. The van der Waals surface area contributed by atoms with Gasteiger partial charge in [0, 0.05) is 28.8 Å². The van der Waals surface area contributed by atoms with Gasteiger partial charge in [-0.3, -0.25) is 0 Å². The van der Waals surface area contributed by atoms with Gasteiger partial charge in [0.2, 0.25) is 5.75 Å². The highest BCUT2D eigenvalue weighted by Crippen LogP contribution is 2.43. The Kier molecular flexibility index (Phi) is 5.92. The van der Waals surface area contributed by atoms with E-state index >= 15 is 0 Å². The number of halogens is 1. The molecule has 0 spiro atoms. The zero-order valence-electron chi connectivity index (χ0n) is 16.9. The van der Waals surface area contributed by atoms with Crippen LogP contribution in [0.4, 0.5) is 21.0 Å². The number of anilines is 3. The van der Waals surface area contributed by atoms with Crippen LogP contribution in [0, 0.1) is 5.82 Å². The Morgan fingerprint density at radius 1 is 0.968 bits per heavy atom. The molecule has 4 aromatic rings. The van der Waals surface area contributed by atoms with E-state index in [4.69, 9.17) is 19.9 Å². The molecular weight excluding hydrogens is 439 g/mol. The van der Waals surface area contributed by atoms with Crippen LogP contribution in [0.3, 0.4) is 0 Å². The summed E-state index contributed by atoms with van der Waals surface area (Å²) < 4.78 is 29.3. The number of aromatic nitrogens is 2. The van der Waals surface area contributed by atoms with Gasteiger partial charge in [-0.2, -0.15) is 0 Å². The van der Waals surface area contributed by atoms with E-state index in [0.29, 0.717) is 33.9 Å². The van der Waals surface area contributed by atoms with Crippen LogP contribution in [-0.2, 0) is 0 Å². The smallest absolute Gasteiger partial charge is 0.203 e. The summed E-state index contributed by atoms with van der Waals surface area (Å²) in [5.41, 5.74) is 8.46. The molecule has 0 saturated heterocycles. The molecular formula is C21H19FN4O3S2. The Bertz CT molecular complexity index is 1180. The molecule has 0 aliphatic carbocycles. The van der Waals surface area contributed by atoms with Crippen molar-refractivity contribution in [2.45, 2.75) is 0 Å². The predicted octanol–water partition coefficient (Wildman–Crippen LogP) is 5.42. The third-order valence-corrected chi connectivity index (χ3v) is 6.39. The number of hydrogen-bond donors (Lipinski definition) is 2. The molecule has 0 aliphatic rings. The zero-order chi connectivity index (χ0) is 22.0. The van der Waals surface area contributed by atoms with Gasteiger partial charge in [-0.25, -0.2) is 14.4 Å². The lowest BCUT2D eigenvalue weighted by atomic mass is 10.2. The molecule has 0 unspecified atom stereocenters. The number of nitrogens with one attached hydrogen (secondary N) is 1. The molecule has 7 nitrogen and oxygen atoms in total. The SMILES string of the molecule is COc1cc(Nc2nc(N)c(-c3nc(-c4ccc(F)cc4)cs3)s2)cc(OC)c1OC. The summed E-state index contributed by atoms with van der Waals surface area (Å²) in [6.07, 6.45) is 0. The molecule has 3 N–H and O–H groups in total. The van der Waals surface area contributed by atoms with E-state index < -0.39 is 0 Å². The first-order chi connectivity index (χ1) is 15.0. The number of hydrogen-bond acceptors (Lipinski definition) is 9. The molecule has 0 aliphatic heterocycles. The molecule has 10 heteroatoms. The maximum Gasteiger partial charge on any atom is 0.203 e. The highest BCUT2D eigenvalue weighted by Gasteiger charge is 2.17.